The van der Waals surface area contributed by atoms with Gasteiger partial charge in [-0.1, -0.05) is 48.0 Å². The molecule has 0 radical (unpaired) electrons. The fourth-order valence-electron chi connectivity index (χ4n) is 3.50. The summed E-state index contributed by atoms with van der Waals surface area (Å²) in [4.78, 5) is 13.8. The minimum absolute atomic E-state index is 0.0442. The second-order valence-corrected chi connectivity index (χ2v) is 8.91. The van der Waals surface area contributed by atoms with E-state index in [0.29, 0.717) is 11.3 Å². The lowest BCUT2D eigenvalue weighted by Gasteiger charge is -2.27. The monoisotopic (exact) mass is 423 g/mol. The highest BCUT2D eigenvalue weighted by Crippen LogP contribution is 2.44. The highest BCUT2D eigenvalue weighted by Gasteiger charge is 2.47. The second kappa shape index (κ2) is 7.42. The molecule has 3 aromatic rings. The van der Waals surface area contributed by atoms with E-state index in [9.17, 15) is 22.7 Å². The minimum Gasteiger partial charge on any atom is -0.502 e. The molecule has 152 valence electrons. The average molecular weight is 423 g/mol. The fourth-order valence-corrected chi connectivity index (χ4v) is 5.15. The van der Waals surface area contributed by atoms with Crippen molar-refractivity contribution >= 4 is 21.4 Å². The van der Waals surface area contributed by atoms with Gasteiger partial charge in [0.15, 0.2) is 5.76 Å². The summed E-state index contributed by atoms with van der Waals surface area (Å²) in [6.07, 6.45) is 0. The Bertz CT molecular complexity index is 1230. The Hall–Kier alpha value is -3.45. The number of hydrogen-bond donors (Lipinski definition) is 1. The van der Waals surface area contributed by atoms with Crippen LogP contribution in [0.1, 0.15) is 17.2 Å². The molecule has 1 atom stereocenters. The predicted molar refractivity (Wildman–Crippen MR) is 111 cm³/mol. The molecule has 1 N–H and O–H groups in total. The van der Waals surface area contributed by atoms with E-state index in [1.54, 1.807) is 42.5 Å². The summed E-state index contributed by atoms with van der Waals surface area (Å²) in [6.45, 7) is 1.88. The summed E-state index contributed by atoms with van der Waals surface area (Å²) < 4.78 is 40.3. The van der Waals surface area contributed by atoms with Crippen molar-refractivity contribution in [3.8, 4) is 0 Å². The van der Waals surface area contributed by atoms with E-state index in [-0.39, 0.29) is 4.90 Å². The molecule has 0 unspecified atom stereocenters. The molecular formula is C23H18FNO4S. The van der Waals surface area contributed by atoms with Gasteiger partial charge in [-0.2, -0.15) is 0 Å². The zero-order valence-electron chi connectivity index (χ0n) is 16.0. The van der Waals surface area contributed by atoms with Crippen molar-refractivity contribution in [3.05, 3.63) is 106 Å². The Balaban J connectivity index is 1.94. The number of halogens is 1. The van der Waals surface area contributed by atoms with Gasteiger partial charge in [0.25, 0.3) is 5.91 Å². The number of carbonyl (C=O) groups excluding carboxylic acids is 1. The number of anilines is 1. The van der Waals surface area contributed by atoms with Gasteiger partial charge in [-0.05, 0) is 48.9 Å². The van der Waals surface area contributed by atoms with E-state index in [2.05, 4.69) is 0 Å². The van der Waals surface area contributed by atoms with E-state index in [0.717, 1.165) is 5.56 Å². The number of nitrogens with zero attached hydrogens (tertiary/aromatic N) is 1. The molecule has 1 amide bonds. The van der Waals surface area contributed by atoms with Crippen LogP contribution in [0, 0.1) is 12.7 Å². The van der Waals surface area contributed by atoms with Crippen LogP contribution < -0.4 is 4.90 Å². The van der Waals surface area contributed by atoms with E-state index < -0.39 is 38.3 Å². The molecule has 1 aliphatic rings. The molecule has 1 aliphatic heterocycles. The number of aryl methyl sites for hydroxylation is 1. The van der Waals surface area contributed by atoms with Crippen LogP contribution in [0.15, 0.2) is 94.4 Å². The molecule has 0 saturated heterocycles. The molecule has 0 aliphatic carbocycles. The molecule has 0 spiro atoms. The molecule has 4 rings (SSSR count). The van der Waals surface area contributed by atoms with Crippen molar-refractivity contribution < 1.29 is 22.7 Å². The number of benzene rings is 3. The number of aliphatic hydroxyl groups excluding tert-OH is 1. The minimum atomic E-state index is -4.20. The SMILES string of the molecule is Cc1ccc(N2C(=O)C(O)=C(S(=O)(=O)c3ccccc3)[C@@H]2c2ccc(F)cc2)cc1. The first kappa shape index (κ1) is 19.8. The highest BCUT2D eigenvalue weighted by molar-refractivity contribution is 7.95. The van der Waals surface area contributed by atoms with Gasteiger partial charge in [0, 0.05) is 5.69 Å². The molecule has 7 heteroatoms. The van der Waals surface area contributed by atoms with Crippen molar-refractivity contribution in [2.75, 3.05) is 4.90 Å². The standard InChI is InChI=1S/C23H18FNO4S/c1-15-7-13-18(14-8-15)25-20(16-9-11-17(24)12-10-16)22(21(26)23(25)27)30(28,29)19-5-3-2-4-6-19/h2-14,20,26H,1H3/t20-/m0/s1. The van der Waals surface area contributed by atoms with Crippen molar-refractivity contribution in [1.82, 2.24) is 0 Å². The first-order chi connectivity index (χ1) is 14.3. The first-order valence-electron chi connectivity index (χ1n) is 9.19. The van der Waals surface area contributed by atoms with E-state index in [1.807, 2.05) is 6.92 Å². The number of hydrogen-bond acceptors (Lipinski definition) is 4. The smallest absolute Gasteiger partial charge is 0.295 e. The molecule has 0 saturated carbocycles. The lowest BCUT2D eigenvalue weighted by atomic mass is 10.1. The largest absolute Gasteiger partial charge is 0.502 e. The van der Waals surface area contributed by atoms with E-state index >= 15 is 0 Å². The third-order valence-electron chi connectivity index (χ3n) is 5.00. The van der Waals surface area contributed by atoms with Gasteiger partial charge in [-0.25, -0.2) is 12.8 Å². The topological polar surface area (TPSA) is 74.7 Å². The van der Waals surface area contributed by atoms with Gasteiger partial charge in [0.1, 0.15) is 16.8 Å². The van der Waals surface area contributed by atoms with E-state index in [4.69, 9.17) is 0 Å². The zero-order valence-corrected chi connectivity index (χ0v) is 16.8. The predicted octanol–water partition coefficient (Wildman–Crippen LogP) is 4.47. The maximum Gasteiger partial charge on any atom is 0.295 e. The highest BCUT2D eigenvalue weighted by atomic mass is 32.2. The maximum atomic E-state index is 13.5. The Morgan fingerprint density at radius 1 is 0.900 bits per heavy atom. The lowest BCUT2D eigenvalue weighted by molar-refractivity contribution is -0.117. The van der Waals surface area contributed by atoms with Gasteiger partial charge in [-0.15, -0.1) is 0 Å². The van der Waals surface area contributed by atoms with Crippen LogP contribution in [0.3, 0.4) is 0 Å². The van der Waals surface area contributed by atoms with E-state index in [1.165, 1.54) is 41.3 Å². The molecular weight excluding hydrogens is 405 g/mol. The van der Waals surface area contributed by atoms with Crippen LogP contribution in [0.2, 0.25) is 0 Å². The first-order valence-corrected chi connectivity index (χ1v) is 10.7. The molecule has 1 heterocycles. The van der Waals surface area contributed by atoms with Crippen molar-refractivity contribution in [3.63, 3.8) is 0 Å². The quantitative estimate of drug-likeness (QED) is 0.672. The van der Waals surface area contributed by atoms with Crippen LogP contribution >= 0.6 is 0 Å². The normalized spacial score (nSPS) is 16.9. The van der Waals surface area contributed by atoms with Crippen LogP contribution in [0.5, 0.6) is 0 Å². The lowest BCUT2D eigenvalue weighted by Crippen LogP contribution is -2.31. The number of sulfone groups is 1. The van der Waals surface area contributed by atoms with Crippen LogP contribution in [-0.2, 0) is 14.6 Å². The Morgan fingerprint density at radius 3 is 2.10 bits per heavy atom. The summed E-state index contributed by atoms with van der Waals surface area (Å²) >= 11 is 0. The van der Waals surface area contributed by atoms with Crippen molar-refractivity contribution in [1.29, 1.82) is 0 Å². The van der Waals surface area contributed by atoms with Crippen LogP contribution in [0.4, 0.5) is 10.1 Å². The molecule has 0 fully saturated rings. The Labute approximate surface area is 173 Å². The summed E-state index contributed by atoms with van der Waals surface area (Å²) in [5.74, 6) is -2.16. The molecule has 0 bridgehead atoms. The fraction of sp³-hybridized carbons (Fsp3) is 0.0870. The Morgan fingerprint density at radius 2 is 1.50 bits per heavy atom. The summed E-state index contributed by atoms with van der Waals surface area (Å²) in [6, 6.07) is 18.6. The molecule has 0 aromatic heterocycles. The third kappa shape index (κ3) is 3.27. The van der Waals surface area contributed by atoms with Gasteiger partial charge in [-0.3, -0.25) is 9.69 Å². The van der Waals surface area contributed by atoms with Gasteiger partial charge < -0.3 is 5.11 Å². The van der Waals surface area contributed by atoms with Crippen LogP contribution in [-0.4, -0.2) is 19.4 Å². The second-order valence-electron chi connectivity index (χ2n) is 6.99. The number of carbonyl (C=O) groups is 1. The van der Waals surface area contributed by atoms with Crippen molar-refractivity contribution in [2.45, 2.75) is 17.9 Å². The van der Waals surface area contributed by atoms with Crippen LogP contribution in [0.25, 0.3) is 0 Å². The third-order valence-corrected chi connectivity index (χ3v) is 6.89. The molecule has 5 nitrogen and oxygen atoms in total. The Kier molecular flexibility index (Phi) is 4.91. The zero-order chi connectivity index (χ0) is 21.5. The van der Waals surface area contributed by atoms with Gasteiger partial charge >= 0.3 is 0 Å². The number of aliphatic hydroxyl groups is 1. The van der Waals surface area contributed by atoms with Crippen molar-refractivity contribution in [2.24, 2.45) is 0 Å². The molecule has 3 aromatic carbocycles. The van der Waals surface area contributed by atoms with Gasteiger partial charge in [0.2, 0.25) is 9.84 Å². The summed E-state index contributed by atoms with van der Waals surface area (Å²) in [5.41, 5.74) is 1.74. The summed E-state index contributed by atoms with van der Waals surface area (Å²) in [7, 11) is -4.20. The summed E-state index contributed by atoms with van der Waals surface area (Å²) in [5, 5.41) is 10.7. The average Bonchev–Trinajstić information content (AvgIpc) is 3.01. The maximum absolute atomic E-state index is 13.5. The van der Waals surface area contributed by atoms with Gasteiger partial charge in [0.05, 0.1) is 4.90 Å². The molecule has 30 heavy (non-hydrogen) atoms. The number of rotatable bonds is 4. The number of amides is 1.